The molecule has 1 aromatic carbocycles. The summed E-state index contributed by atoms with van der Waals surface area (Å²) in [4.78, 5) is 0. The van der Waals surface area contributed by atoms with Crippen molar-refractivity contribution in [3.05, 3.63) is 48.0 Å². The van der Waals surface area contributed by atoms with Crippen LogP contribution in [-0.4, -0.2) is 9.78 Å². The molecule has 0 aliphatic heterocycles. The van der Waals surface area contributed by atoms with E-state index in [2.05, 4.69) is 5.10 Å². The fraction of sp³-hybridized carbons (Fsp3) is 0.182. The van der Waals surface area contributed by atoms with Gasteiger partial charge in [-0.05, 0) is 37.3 Å². The maximum Gasteiger partial charge on any atom is 0.123 e. The van der Waals surface area contributed by atoms with E-state index in [0.717, 1.165) is 11.4 Å². The molecule has 0 saturated heterocycles. The largest absolute Gasteiger partial charge is 0.323 e. The average Bonchev–Trinajstić information content (AvgIpc) is 2.68. The van der Waals surface area contributed by atoms with E-state index in [4.69, 9.17) is 5.73 Å². The molecule has 1 atom stereocenters. The molecule has 0 aliphatic rings. The van der Waals surface area contributed by atoms with Crippen molar-refractivity contribution < 1.29 is 4.39 Å². The first-order chi connectivity index (χ1) is 7.16. The lowest BCUT2D eigenvalue weighted by molar-refractivity contribution is 0.627. The van der Waals surface area contributed by atoms with Crippen LogP contribution in [0.15, 0.2) is 36.5 Å². The van der Waals surface area contributed by atoms with Gasteiger partial charge in [0.05, 0.1) is 11.4 Å². The van der Waals surface area contributed by atoms with Gasteiger partial charge >= 0.3 is 0 Å². The molecule has 78 valence electrons. The molecule has 0 amide bonds. The van der Waals surface area contributed by atoms with Crippen LogP contribution in [0.25, 0.3) is 5.69 Å². The fourth-order valence-corrected chi connectivity index (χ4v) is 1.32. The Bertz CT molecular complexity index is 445. The van der Waals surface area contributed by atoms with Gasteiger partial charge < -0.3 is 5.73 Å². The molecule has 1 heterocycles. The normalized spacial score (nSPS) is 12.7. The van der Waals surface area contributed by atoms with Crippen LogP contribution in [-0.2, 0) is 0 Å². The summed E-state index contributed by atoms with van der Waals surface area (Å²) < 4.78 is 14.4. The molecule has 0 fully saturated rings. The predicted molar refractivity (Wildman–Crippen MR) is 56.1 cm³/mol. The van der Waals surface area contributed by atoms with Gasteiger partial charge in [-0.25, -0.2) is 9.07 Å². The molecule has 0 aliphatic carbocycles. The minimum Gasteiger partial charge on any atom is -0.323 e. The van der Waals surface area contributed by atoms with Gasteiger partial charge in [-0.2, -0.15) is 5.10 Å². The summed E-state index contributed by atoms with van der Waals surface area (Å²) in [5, 5.41) is 4.28. The van der Waals surface area contributed by atoms with Crippen molar-refractivity contribution in [3.63, 3.8) is 0 Å². The summed E-state index contributed by atoms with van der Waals surface area (Å²) in [6, 6.07) is 7.92. The lowest BCUT2D eigenvalue weighted by atomic mass is 10.3. The Morgan fingerprint density at radius 3 is 2.47 bits per heavy atom. The summed E-state index contributed by atoms with van der Waals surface area (Å²) in [5.74, 6) is -0.252. The Morgan fingerprint density at radius 1 is 1.27 bits per heavy atom. The highest BCUT2D eigenvalue weighted by atomic mass is 19.1. The number of nitrogens with two attached hydrogens (primary N) is 1. The minimum atomic E-state index is -0.252. The summed E-state index contributed by atoms with van der Waals surface area (Å²) in [5.41, 5.74) is 7.33. The van der Waals surface area contributed by atoms with E-state index in [-0.39, 0.29) is 11.9 Å². The van der Waals surface area contributed by atoms with E-state index < -0.39 is 0 Å². The monoisotopic (exact) mass is 205 g/mol. The zero-order valence-corrected chi connectivity index (χ0v) is 8.39. The molecule has 2 aromatic rings. The highest BCUT2D eigenvalue weighted by Crippen LogP contribution is 2.11. The average molecular weight is 205 g/mol. The lowest BCUT2D eigenvalue weighted by Gasteiger charge is -2.01. The summed E-state index contributed by atoms with van der Waals surface area (Å²) in [7, 11) is 0. The number of hydrogen-bond donors (Lipinski definition) is 1. The number of hydrogen-bond acceptors (Lipinski definition) is 2. The van der Waals surface area contributed by atoms with Crippen LogP contribution in [0.3, 0.4) is 0 Å². The molecule has 0 radical (unpaired) electrons. The van der Waals surface area contributed by atoms with Gasteiger partial charge in [-0.1, -0.05) is 0 Å². The van der Waals surface area contributed by atoms with Crippen LogP contribution in [0.4, 0.5) is 4.39 Å². The molecule has 2 rings (SSSR count). The maximum absolute atomic E-state index is 12.7. The van der Waals surface area contributed by atoms with E-state index >= 15 is 0 Å². The molecule has 1 aromatic heterocycles. The van der Waals surface area contributed by atoms with Gasteiger partial charge in [-0.15, -0.1) is 0 Å². The molecule has 0 bridgehead atoms. The van der Waals surface area contributed by atoms with E-state index in [1.54, 1.807) is 16.8 Å². The molecule has 0 spiro atoms. The Labute approximate surface area is 87.3 Å². The van der Waals surface area contributed by atoms with Gasteiger partial charge in [0.25, 0.3) is 0 Å². The van der Waals surface area contributed by atoms with Crippen molar-refractivity contribution in [3.8, 4) is 5.69 Å². The lowest BCUT2D eigenvalue weighted by Crippen LogP contribution is -2.06. The zero-order chi connectivity index (χ0) is 10.8. The van der Waals surface area contributed by atoms with Gasteiger partial charge in [-0.3, -0.25) is 0 Å². The molecule has 2 N–H and O–H groups in total. The van der Waals surface area contributed by atoms with Gasteiger partial charge in [0.1, 0.15) is 5.82 Å². The first-order valence-corrected chi connectivity index (χ1v) is 4.74. The first-order valence-electron chi connectivity index (χ1n) is 4.74. The smallest absolute Gasteiger partial charge is 0.123 e. The van der Waals surface area contributed by atoms with Crippen LogP contribution in [0.1, 0.15) is 18.7 Å². The molecule has 3 nitrogen and oxygen atoms in total. The summed E-state index contributed by atoms with van der Waals surface area (Å²) in [6.07, 6.45) is 1.81. The number of benzene rings is 1. The predicted octanol–water partition coefficient (Wildman–Crippen LogP) is 2.03. The van der Waals surface area contributed by atoms with Crippen LogP contribution in [0.5, 0.6) is 0 Å². The van der Waals surface area contributed by atoms with Crippen molar-refractivity contribution in [2.45, 2.75) is 13.0 Å². The topological polar surface area (TPSA) is 43.8 Å². The third-order valence-electron chi connectivity index (χ3n) is 2.17. The molecule has 15 heavy (non-hydrogen) atoms. The summed E-state index contributed by atoms with van der Waals surface area (Å²) >= 11 is 0. The standard InChI is InChI=1S/C11H12FN3/c1-8(13)11-6-7-15(14-11)10-4-2-9(12)3-5-10/h2-8H,13H2,1H3. The highest BCUT2D eigenvalue weighted by molar-refractivity contribution is 5.31. The third kappa shape index (κ3) is 2.05. The van der Waals surface area contributed by atoms with E-state index in [1.807, 2.05) is 19.2 Å². The minimum absolute atomic E-state index is 0.0910. The number of aromatic nitrogens is 2. The van der Waals surface area contributed by atoms with Crippen LogP contribution in [0.2, 0.25) is 0 Å². The highest BCUT2D eigenvalue weighted by Gasteiger charge is 2.04. The molecular formula is C11H12FN3. The van der Waals surface area contributed by atoms with Crippen LogP contribution in [0, 0.1) is 5.82 Å². The fourth-order valence-electron chi connectivity index (χ4n) is 1.32. The number of rotatable bonds is 2. The van der Waals surface area contributed by atoms with E-state index in [9.17, 15) is 4.39 Å². The second kappa shape index (κ2) is 3.82. The van der Waals surface area contributed by atoms with E-state index in [1.165, 1.54) is 12.1 Å². The van der Waals surface area contributed by atoms with Crippen molar-refractivity contribution >= 4 is 0 Å². The molecular weight excluding hydrogens is 193 g/mol. The van der Waals surface area contributed by atoms with Crippen molar-refractivity contribution in [2.75, 3.05) is 0 Å². The van der Waals surface area contributed by atoms with Crippen molar-refractivity contribution in [1.82, 2.24) is 9.78 Å². The zero-order valence-electron chi connectivity index (χ0n) is 8.39. The maximum atomic E-state index is 12.7. The van der Waals surface area contributed by atoms with Crippen LogP contribution < -0.4 is 5.73 Å². The van der Waals surface area contributed by atoms with Gasteiger partial charge in [0.15, 0.2) is 0 Å². The third-order valence-corrected chi connectivity index (χ3v) is 2.17. The Kier molecular flexibility index (Phi) is 2.51. The van der Waals surface area contributed by atoms with Gasteiger partial charge in [0.2, 0.25) is 0 Å². The Hall–Kier alpha value is -1.68. The number of nitrogens with zero attached hydrogens (tertiary/aromatic N) is 2. The second-order valence-electron chi connectivity index (χ2n) is 3.45. The van der Waals surface area contributed by atoms with Gasteiger partial charge in [0, 0.05) is 12.2 Å². The Morgan fingerprint density at radius 2 is 1.93 bits per heavy atom. The first kappa shape index (κ1) is 9.86. The number of halogens is 1. The van der Waals surface area contributed by atoms with Crippen molar-refractivity contribution in [2.24, 2.45) is 5.73 Å². The summed E-state index contributed by atoms with van der Waals surface area (Å²) in [6.45, 7) is 1.87. The molecule has 1 unspecified atom stereocenters. The SMILES string of the molecule is CC(N)c1ccn(-c2ccc(F)cc2)n1. The molecule has 0 saturated carbocycles. The van der Waals surface area contributed by atoms with E-state index in [0.29, 0.717) is 0 Å². The van der Waals surface area contributed by atoms with Crippen LogP contribution >= 0.6 is 0 Å². The Balaban J connectivity index is 2.33. The quantitative estimate of drug-likeness (QED) is 0.815. The second-order valence-corrected chi connectivity index (χ2v) is 3.45. The molecule has 4 heteroatoms. The van der Waals surface area contributed by atoms with Crippen molar-refractivity contribution in [1.29, 1.82) is 0 Å².